The van der Waals surface area contributed by atoms with E-state index in [1.54, 1.807) is 0 Å². The van der Waals surface area contributed by atoms with Crippen LogP contribution in [0, 0.1) is 0 Å². The van der Waals surface area contributed by atoms with E-state index in [2.05, 4.69) is 55.9 Å². The predicted molar refractivity (Wildman–Crippen MR) is 72.2 cm³/mol. The highest BCUT2D eigenvalue weighted by Gasteiger charge is 2.10. The third kappa shape index (κ3) is 2.34. The zero-order chi connectivity index (χ0) is 12.4. The Morgan fingerprint density at radius 1 is 1.35 bits per heavy atom. The normalized spacial score (nSPS) is 11.6. The molecule has 0 spiro atoms. The number of nitrogens with one attached hydrogen (secondary N) is 1. The smallest absolute Gasteiger partial charge is 0.112 e. The topological polar surface area (TPSA) is 29.9 Å². The second kappa shape index (κ2) is 4.88. The van der Waals surface area contributed by atoms with Gasteiger partial charge in [0.05, 0.1) is 11.0 Å². The van der Waals surface area contributed by atoms with E-state index in [1.165, 1.54) is 11.1 Å². The molecule has 0 aliphatic heterocycles. The molecule has 0 unspecified atom stereocenters. The summed E-state index contributed by atoms with van der Waals surface area (Å²) in [5.74, 6) is 1.62. The third-order valence-electron chi connectivity index (χ3n) is 3.08. The summed E-state index contributed by atoms with van der Waals surface area (Å²) in [6.45, 7) is 8.40. The van der Waals surface area contributed by atoms with Gasteiger partial charge in [0.1, 0.15) is 5.82 Å². The minimum Gasteiger partial charge on any atom is -0.331 e. The summed E-state index contributed by atoms with van der Waals surface area (Å²) in [4.78, 5) is 4.72. The zero-order valence-corrected chi connectivity index (χ0v) is 11.1. The molecule has 1 aromatic heterocycles. The minimum atomic E-state index is 0.463. The van der Waals surface area contributed by atoms with Crippen LogP contribution in [0.2, 0.25) is 0 Å². The van der Waals surface area contributed by atoms with E-state index in [1.807, 2.05) is 0 Å². The Morgan fingerprint density at radius 2 is 2.12 bits per heavy atom. The standard InChI is InChI=1S/C14H21N3/c1-5-15-9-11-6-7-13-12(8-11)16-14(10(2)3)17(13)4/h6-8,10,15H,5,9H2,1-4H3. The number of nitrogens with zero attached hydrogens (tertiary/aromatic N) is 2. The molecule has 0 aliphatic carbocycles. The first-order valence-corrected chi connectivity index (χ1v) is 6.29. The maximum atomic E-state index is 4.72. The molecule has 2 aromatic rings. The van der Waals surface area contributed by atoms with Crippen molar-refractivity contribution in [3.05, 3.63) is 29.6 Å². The van der Waals surface area contributed by atoms with Gasteiger partial charge in [-0.2, -0.15) is 0 Å². The first kappa shape index (κ1) is 12.1. The fraction of sp³-hybridized carbons (Fsp3) is 0.500. The Labute approximate surface area is 103 Å². The molecule has 3 nitrogen and oxygen atoms in total. The van der Waals surface area contributed by atoms with Crippen LogP contribution in [0.3, 0.4) is 0 Å². The average molecular weight is 231 g/mol. The second-order valence-electron chi connectivity index (χ2n) is 4.79. The van der Waals surface area contributed by atoms with Crippen molar-refractivity contribution in [3.8, 4) is 0 Å². The van der Waals surface area contributed by atoms with E-state index >= 15 is 0 Å². The van der Waals surface area contributed by atoms with Gasteiger partial charge in [-0.05, 0) is 24.2 Å². The molecule has 0 saturated carbocycles. The number of aryl methyl sites for hydroxylation is 1. The molecular weight excluding hydrogens is 210 g/mol. The number of aromatic nitrogens is 2. The van der Waals surface area contributed by atoms with Gasteiger partial charge < -0.3 is 9.88 Å². The van der Waals surface area contributed by atoms with E-state index < -0.39 is 0 Å². The molecule has 0 bridgehead atoms. The summed E-state index contributed by atoms with van der Waals surface area (Å²) in [5.41, 5.74) is 3.62. The van der Waals surface area contributed by atoms with E-state index in [0.29, 0.717) is 5.92 Å². The predicted octanol–water partition coefficient (Wildman–Crippen LogP) is 2.81. The van der Waals surface area contributed by atoms with E-state index in [9.17, 15) is 0 Å². The van der Waals surface area contributed by atoms with Gasteiger partial charge in [-0.1, -0.05) is 26.8 Å². The Kier molecular flexibility index (Phi) is 3.48. The zero-order valence-electron chi connectivity index (χ0n) is 11.1. The second-order valence-corrected chi connectivity index (χ2v) is 4.79. The lowest BCUT2D eigenvalue weighted by Crippen LogP contribution is -2.11. The monoisotopic (exact) mass is 231 g/mol. The number of hydrogen-bond donors (Lipinski definition) is 1. The van der Waals surface area contributed by atoms with Crippen LogP contribution in [-0.2, 0) is 13.6 Å². The number of imidazole rings is 1. The molecule has 17 heavy (non-hydrogen) atoms. The van der Waals surface area contributed by atoms with E-state index in [-0.39, 0.29) is 0 Å². The maximum Gasteiger partial charge on any atom is 0.112 e. The molecule has 0 atom stereocenters. The highest BCUT2D eigenvalue weighted by Crippen LogP contribution is 2.21. The van der Waals surface area contributed by atoms with Crippen LogP contribution in [0.4, 0.5) is 0 Å². The summed E-state index contributed by atoms with van der Waals surface area (Å²) in [5, 5.41) is 3.34. The first-order chi connectivity index (χ1) is 8.13. The lowest BCUT2D eigenvalue weighted by atomic mass is 10.2. The van der Waals surface area contributed by atoms with Gasteiger partial charge in [-0.25, -0.2) is 4.98 Å². The highest BCUT2D eigenvalue weighted by molar-refractivity contribution is 5.77. The van der Waals surface area contributed by atoms with Crippen molar-refractivity contribution in [2.24, 2.45) is 7.05 Å². The summed E-state index contributed by atoms with van der Waals surface area (Å²) in [7, 11) is 2.09. The Bertz CT molecular complexity index is 511. The van der Waals surface area contributed by atoms with Crippen LogP contribution in [0.1, 0.15) is 38.1 Å². The molecule has 1 aromatic carbocycles. The molecular formula is C14H21N3. The van der Waals surface area contributed by atoms with Crippen LogP contribution < -0.4 is 5.32 Å². The summed E-state index contributed by atoms with van der Waals surface area (Å²) in [6, 6.07) is 6.53. The third-order valence-corrected chi connectivity index (χ3v) is 3.08. The number of fused-ring (bicyclic) bond motifs is 1. The van der Waals surface area contributed by atoms with Gasteiger partial charge in [0.25, 0.3) is 0 Å². The molecule has 1 heterocycles. The number of benzene rings is 1. The van der Waals surface area contributed by atoms with Gasteiger partial charge in [-0.15, -0.1) is 0 Å². The quantitative estimate of drug-likeness (QED) is 0.877. The molecule has 3 heteroatoms. The van der Waals surface area contributed by atoms with Gasteiger partial charge in [0.15, 0.2) is 0 Å². The van der Waals surface area contributed by atoms with Gasteiger partial charge in [0.2, 0.25) is 0 Å². The maximum absolute atomic E-state index is 4.72. The van der Waals surface area contributed by atoms with Crippen LogP contribution in [0.5, 0.6) is 0 Å². The Balaban J connectivity index is 2.41. The van der Waals surface area contributed by atoms with Crippen LogP contribution in [0.15, 0.2) is 18.2 Å². The molecule has 0 aliphatic rings. The van der Waals surface area contributed by atoms with Gasteiger partial charge in [-0.3, -0.25) is 0 Å². The van der Waals surface area contributed by atoms with E-state index in [0.717, 1.165) is 24.4 Å². The van der Waals surface area contributed by atoms with Crippen LogP contribution in [-0.4, -0.2) is 16.1 Å². The van der Waals surface area contributed by atoms with Gasteiger partial charge >= 0.3 is 0 Å². The Hall–Kier alpha value is -1.35. The van der Waals surface area contributed by atoms with Crippen molar-refractivity contribution in [1.82, 2.24) is 14.9 Å². The highest BCUT2D eigenvalue weighted by atomic mass is 15.1. The minimum absolute atomic E-state index is 0.463. The summed E-state index contributed by atoms with van der Waals surface area (Å²) < 4.78 is 2.19. The first-order valence-electron chi connectivity index (χ1n) is 6.29. The summed E-state index contributed by atoms with van der Waals surface area (Å²) in [6.07, 6.45) is 0. The SMILES string of the molecule is CCNCc1ccc2c(c1)nc(C(C)C)n2C. The fourth-order valence-corrected chi connectivity index (χ4v) is 2.16. The average Bonchev–Trinajstić information content (AvgIpc) is 2.64. The van der Waals surface area contributed by atoms with Gasteiger partial charge in [0, 0.05) is 19.5 Å². The summed E-state index contributed by atoms with van der Waals surface area (Å²) >= 11 is 0. The van der Waals surface area contributed by atoms with Crippen molar-refractivity contribution in [2.45, 2.75) is 33.2 Å². The number of rotatable bonds is 4. The molecule has 92 valence electrons. The number of hydrogen-bond acceptors (Lipinski definition) is 2. The molecule has 0 radical (unpaired) electrons. The molecule has 0 fully saturated rings. The van der Waals surface area contributed by atoms with Crippen LogP contribution in [0.25, 0.3) is 11.0 Å². The Morgan fingerprint density at radius 3 is 2.76 bits per heavy atom. The molecule has 1 N–H and O–H groups in total. The lowest BCUT2D eigenvalue weighted by molar-refractivity contribution is 0.722. The molecule has 0 saturated heterocycles. The fourth-order valence-electron chi connectivity index (χ4n) is 2.16. The van der Waals surface area contributed by atoms with Crippen molar-refractivity contribution in [3.63, 3.8) is 0 Å². The molecule has 0 amide bonds. The van der Waals surface area contributed by atoms with Crippen molar-refractivity contribution < 1.29 is 0 Å². The van der Waals surface area contributed by atoms with E-state index in [4.69, 9.17) is 4.98 Å². The molecule has 2 rings (SSSR count). The lowest BCUT2D eigenvalue weighted by Gasteiger charge is -2.04. The van der Waals surface area contributed by atoms with Crippen molar-refractivity contribution >= 4 is 11.0 Å². The van der Waals surface area contributed by atoms with Crippen molar-refractivity contribution in [1.29, 1.82) is 0 Å². The largest absolute Gasteiger partial charge is 0.331 e. The van der Waals surface area contributed by atoms with Crippen molar-refractivity contribution in [2.75, 3.05) is 6.54 Å². The van der Waals surface area contributed by atoms with Crippen LogP contribution >= 0.6 is 0 Å².